The third-order valence-electron chi connectivity index (χ3n) is 4.72. The molecule has 0 aliphatic rings. The second kappa shape index (κ2) is 9.82. The van der Waals surface area contributed by atoms with Crippen molar-refractivity contribution in [1.82, 2.24) is 15.0 Å². The first kappa shape index (κ1) is 21.8. The maximum atomic E-state index is 5.94. The Bertz CT molecular complexity index is 1230. The van der Waals surface area contributed by atoms with Gasteiger partial charge in [-0.25, -0.2) is 15.0 Å². The van der Waals surface area contributed by atoms with Crippen molar-refractivity contribution >= 4 is 33.7 Å². The number of fused-ring (bicyclic) bond motifs is 1. The second-order valence-corrected chi connectivity index (χ2v) is 7.97. The normalized spacial score (nSPS) is 10.9. The van der Waals surface area contributed by atoms with Gasteiger partial charge in [0.05, 0.1) is 35.9 Å². The lowest BCUT2D eigenvalue weighted by molar-refractivity contribution is 0.263. The SMILES string of the molecule is CCOc1cc2c(Nc3cccc(-c4csc(C)n4)c3)ncnc2c(OCC)c1OCC. The number of nitrogens with one attached hydrogen (secondary N) is 1. The monoisotopic (exact) mass is 450 g/mol. The number of ether oxygens (including phenoxy) is 3. The number of thiazole rings is 1. The Hall–Kier alpha value is -3.39. The van der Waals surface area contributed by atoms with E-state index in [1.165, 1.54) is 6.33 Å². The summed E-state index contributed by atoms with van der Waals surface area (Å²) in [6, 6.07) is 10.0. The molecule has 166 valence electrons. The Kier molecular flexibility index (Phi) is 6.70. The average molecular weight is 451 g/mol. The molecule has 7 nitrogen and oxygen atoms in total. The van der Waals surface area contributed by atoms with Gasteiger partial charge in [0.1, 0.15) is 17.7 Å². The zero-order valence-corrected chi connectivity index (χ0v) is 19.5. The molecule has 0 atom stereocenters. The average Bonchev–Trinajstić information content (AvgIpc) is 3.23. The Balaban J connectivity index is 1.80. The van der Waals surface area contributed by atoms with Gasteiger partial charge in [0, 0.05) is 16.6 Å². The molecule has 0 amide bonds. The van der Waals surface area contributed by atoms with Crippen molar-refractivity contribution in [1.29, 1.82) is 0 Å². The van der Waals surface area contributed by atoms with E-state index in [1.54, 1.807) is 11.3 Å². The van der Waals surface area contributed by atoms with E-state index in [0.717, 1.165) is 27.3 Å². The van der Waals surface area contributed by atoms with Crippen LogP contribution in [0.5, 0.6) is 17.2 Å². The van der Waals surface area contributed by atoms with Crippen molar-refractivity contribution in [3.63, 3.8) is 0 Å². The van der Waals surface area contributed by atoms with Gasteiger partial charge in [0.25, 0.3) is 0 Å². The lowest BCUT2D eigenvalue weighted by Crippen LogP contribution is -2.05. The second-order valence-electron chi connectivity index (χ2n) is 6.91. The molecule has 0 saturated heterocycles. The number of aromatic nitrogens is 3. The molecule has 0 bridgehead atoms. The van der Waals surface area contributed by atoms with Crippen LogP contribution < -0.4 is 19.5 Å². The van der Waals surface area contributed by atoms with Gasteiger partial charge in [0.2, 0.25) is 5.75 Å². The Labute approximate surface area is 191 Å². The number of benzene rings is 2. The molecule has 4 rings (SSSR count). The Morgan fingerprint density at radius 1 is 0.938 bits per heavy atom. The van der Waals surface area contributed by atoms with Crippen LogP contribution in [0.3, 0.4) is 0 Å². The predicted molar refractivity (Wildman–Crippen MR) is 129 cm³/mol. The molecular weight excluding hydrogens is 424 g/mol. The van der Waals surface area contributed by atoms with Gasteiger partial charge >= 0.3 is 0 Å². The number of rotatable bonds is 9. The standard InChI is InChI=1S/C24H26N4O3S/c1-5-29-20-12-18-21(23(31-7-3)22(20)30-6-2)25-14-26-24(18)28-17-10-8-9-16(11-17)19-13-32-15(4)27-19/h8-14H,5-7H2,1-4H3,(H,25,26,28). The van der Waals surface area contributed by atoms with Crippen LogP contribution in [0.1, 0.15) is 25.8 Å². The summed E-state index contributed by atoms with van der Waals surface area (Å²) in [4.78, 5) is 13.6. The maximum Gasteiger partial charge on any atom is 0.205 e. The molecule has 1 N–H and O–H groups in total. The molecule has 2 heterocycles. The highest BCUT2D eigenvalue weighted by atomic mass is 32.1. The summed E-state index contributed by atoms with van der Waals surface area (Å²) in [6.45, 7) is 9.28. The van der Waals surface area contributed by atoms with Crippen LogP contribution in [0.15, 0.2) is 42.0 Å². The minimum Gasteiger partial charge on any atom is -0.490 e. The van der Waals surface area contributed by atoms with Crippen LogP contribution in [0.4, 0.5) is 11.5 Å². The van der Waals surface area contributed by atoms with Gasteiger partial charge in [-0.2, -0.15) is 0 Å². The Morgan fingerprint density at radius 3 is 2.44 bits per heavy atom. The van der Waals surface area contributed by atoms with E-state index in [4.69, 9.17) is 14.2 Å². The van der Waals surface area contributed by atoms with E-state index < -0.39 is 0 Å². The number of anilines is 2. The molecule has 0 radical (unpaired) electrons. The molecule has 0 aliphatic heterocycles. The highest BCUT2D eigenvalue weighted by molar-refractivity contribution is 7.09. The summed E-state index contributed by atoms with van der Waals surface area (Å²) in [7, 11) is 0. The van der Waals surface area contributed by atoms with Crippen molar-refractivity contribution in [2.45, 2.75) is 27.7 Å². The van der Waals surface area contributed by atoms with Gasteiger partial charge in [-0.15, -0.1) is 11.3 Å². The van der Waals surface area contributed by atoms with Crippen molar-refractivity contribution in [3.05, 3.63) is 47.0 Å². The molecule has 2 aromatic carbocycles. The van der Waals surface area contributed by atoms with Crippen molar-refractivity contribution < 1.29 is 14.2 Å². The number of hydrogen-bond acceptors (Lipinski definition) is 8. The molecule has 32 heavy (non-hydrogen) atoms. The smallest absolute Gasteiger partial charge is 0.205 e. The highest BCUT2D eigenvalue weighted by Gasteiger charge is 2.21. The number of hydrogen-bond donors (Lipinski definition) is 1. The first-order valence-electron chi connectivity index (χ1n) is 10.6. The lowest BCUT2D eigenvalue weighted by atomic mass is 10.1. The zero-order chi connectivity index (χ0) is 22.5. The molecule has 0 spiro atoms. The quantitative estimate of drug-likeness (QED) is 0.335. The summed E-state index contributed by atoms with van der Waals surface area (Å²) in [5.74, 6) is 2.39. The first-order chi connectivity index (χ1) is 15.6. The van der Waals surface area contributed by atoms with Crippen molar-refractivity contribution in [2.75, 3.05) is 25.1 Å². The van der Waals surface area contributed by atoms with Crippen LogP contribution in [-0.2, 0) is 0 Å². The summed E-state index contributed by atoms with van der Waals surface area (Å²) < 4.78 is 17.7. The van der Waals surface area contributed by atoms with Gasteiger partial charge in [-0.05, 0) is 45.9 Å². The van der Waals surface area contributed by atoms with E-state index in [2.05, 4.69) is 31.7 Å². The fraction of sp³-hybridized carbons (Fsp3) is 0.292. The fourth-order valence-electron chi connectivity index (χ4n) is 3.44. The lowest BCUT2D eigenvalue weighted by Gasteiger charge is -2.18. The van der Waals surface area contributed by atoms with E-state index in [9.17, 15) is 0 Å². The molecule has 0 fully saturated rings. The van der Waals surface area contributed by atoms with Gasteiger partial charge in [-0.1, -0.05) is 12.1 Å². The van der Waals surface area contributed by atoms with Crippen LogP contribution in [0.25, 0.3) is 22.2 Å². The van der Waals surface area contributed by atoms with Gasteiger partial charge in [0.15, 0.2) is 11.5 Å². The fourth-order valence-corrected chi connectivity index (χ4v) is 4.06. The third kappa shape index (κ3) is 4.45. The number of nitrogens with zero attached hydrogens (tertiary/aromatic N) is 3. The zero-order valence-electron chi connectivity index (χ0n) is 18.6. The number of aryl methyl sites for hydroxylation is 1. The molecule has 0 unspecified atom stereocenters. The van der Waals surface area contributed by atoms with Crippen LogP contribution in [0.2, 0.25) is 0 Å². The summed E-state index contributed by atoms with van der Waals surface area (Å²) in [6.07, 6.45) is 1.52. The Morgan fingerprint density at radius 2 is 1.72 bits per heavy atom. The molecule has 8 heteroatoms. The van der Waals surface area contributed by atoms with E-state index in [1.807, 2.05) is 52.0 Å². The van der Waals surface area contributed by atoms with Gasteiger partial charge in [-0.3, -0.25) is 0 Å². The predicted octanol–water partition coefficient (Wildman–Crippen LogP) is 6.00. The maximum absolute atomic E-state index is 5.94. The first-order valence-corrected chi connectivity index (χ1v) is 11.5. The largest absolute Gasteiger partial charge is 0.490 e. The van der Waals surface area contributed by atoms with Gasteiger partial charge < -0.3 is 19.5 Å². The van der Waals surface area contributed by atoms with Crippen LogP contribution in [-0.4, -0.2) is 34.8 Å². The van der Waals surface area contributed by atoms with E-state index in [0.29, 0.717) is 48.4 Å². The summed E-state index contributed by atoms with van der Waals surface area (Å²) in [5.41, 5.74) is 3.57. The molecule has 0 saturated carbocycles. The van der Waals surface area contributed by atoms with E-state index in [-0.39, 0.29) is 0 Å². The summed E-state index contributed by atoms with van der Waals surface area (Å²) >= 11 is 1.64. The third-order valence-corrected chi connectivity index (χ3v) is 5.50. The van der Waals surface area contributed by atoms with Crippen LogP contribution >= 0.6 is 11.3 Å². The van der Waals surface area contributed by atoms with Crippen molar-refractivity contribution in [2.24, 2.45) is 0 Å². The van der Waals surface area contributed by atoms with Crippen molar-refractivity contribution in [3.8, 4) is 28.5 Å². The topological polar surface area (TPSA) is 78.4 Å². The molecule has 0 aliphatic carbocycles. The minimum atomic E-state index is 0.479. The molecule has 4 aromatic rings. The summed E-state index contributed by atoms with van der Waals surface area (Å²) in [5, 5.41) is 7.32. The minimum absolute atomic E-state index is 0.479. The van der Waals surface area contributed by atoms with Crippen LogP contribution in [0, 0.1) is 6.92 Å². The highest BCUT2D eigenvalue weighted by Crippen LogP contribution is 2.44. The molecular formula is C24H26N4O3S. The molecule has 2 aromatic heterocycles. The van der Waals surface area contributed by atoms with E-state index >= 15 is 0 Å².